The maximum Gasteiger partial charge on any atom is 0.341 e. The molecule has 0 saturated heterocycles. The van der Waals surface area contributed by atoms with Gasteiger partial charge in [0, 0.05) is 17.8 Å². The highest BCUT2D eigenvalue weighted by atomic mass is 16.5. The maximum atomic E-state index is 11.6. The van der Waals surface area contributed by atoms with Gasteiger partial charge in [0.05, 0.1) is 30.4 Å². The Morgan fingerprint density at radius 1 is 1.29 bits per heavy atom. The van der Waals surface area contributed by atoms with Crippen molar-refractivity contribution >= 4 is 16.9 Å². The van der Waals surface area contributed by atoms with Gasteiger partial charge in [-0.15, -0.1) is 0 Å². The van der Waals surface area contributed by atoms with Crippen LogP contribution in [0, 0.1) is 0 Å². The van der Waals surface area contributed by atoms with E-state index in [1.807, 2.05) is 30.3 Å². The van der Waals surface area contributed by atoms with Gasteiger partial charge in [-0.3, -0.25) is 9.67 Å². The number of benzene rings is 1. The Kier molecular flexibility index (Phi) is 3.64. The number of hydrogen-bond acceptors (Lipinski definition) is 4. The predicted octanol–water partition coefficient (Wildman–Crippen LogP) is 2.66. The molecular weight excluding hydrogens is 266 g/mol. The molecule has 3 aromatic rings. The van der Waals surface area contributed by atoms with Crippen molar-refractivity contribution in [1.82, 2.24) is 14.8 Å². The molecule has 2 aromatic heterocycles. The lowest BCUT2D eigenvalue weighted by atomic mass is 10.1. The van der Waals surface area contributed by atoms with Gasteiger partial charge in [0.15, 0.2) is 0 Å². The van der Waals surface area contributed by atoms with Crippen molar-refractivity contribution in [3.8, 4) is 0 Å². The number of hydrogen-bond donors (Lipinski definition) is 0. The van der Waals surface area contributed by atoms with E-state index in [4.69, 9.17) is 4.74 Å². The normalized spacial score (nSPS) is 10.7. The van der Waals surface area contributed by atoms with Gasteiger partial charge in [-0.05, 0) is 24.6 Å². The second-order valence-electron chi connectivity index (χ2n) is 4.63. The molecule has 0 bridgehead atoms. The highest BCUT2D eigenvalue weighted by Gasteiger charge is 2.10. The fraction of sp³-hybridized carbons (Fsp3) is 0.188. The second-order valence-corrected chi connectivity index (χ2v) is 4.63. The first kappa shape index (κ1) is 13.3. The Balaban J connectivity index is 1.87. The third-order valence-electron chi connectivity index (χ3n) is 3.22. The molecule has 0 radical (unpaired) electrons. The van der Waals surface area contributed by atoms with Gasteiger partial charge in [-0.1, -0.05) is 18.2 Å². The Labute approximate surface area is 122 Å². The smallest absolute Gasteiger partial charge is 0.341 e. The summed E-state index contributed by atoms with van der Waals surface area (Å²) in [7, 11) is 0. The van der Waals surface area contributed by atoms with Gasteiger partial charge in [0.25, 0.3) is 0 Å². The third-order valence-corrected chi connectivity index (χ3v) is 3.22. The number of ether oxygens (including phenoxy) is 1. The quantitative estimate of drug-likeness (QED) is 0.690. The summed E-state index contributed by atoms with van der Waals surface area (Å²) in [5.74, 6) is -0.344. The molecule has 0 aliphatic rings. The van der Waals surface area contributed by atoms with Crippen molar-refractivity contribution in [2.45, 2.75) is 13.5 Å². The first-order valence-electron chi connectivity index (χ1n) is 6.80. The van der Waals surface area contributed by atoms with Crippen LogP contribution in [0.4, 0.5) is 0 Å². The van der Waals surface area contributed by atoms with Crippen molar-refractivity contribution in [3.05, 3.63) is 60.0 Å². The summed E-state index contributed by atoms with van der Waals surface area (Å²) in [6.07, 6.45) is 5.02. The molecule has 21 heavy (non-hydrogen) atoms. The topological polar surface area (TPSA) is 57.0 Å². The first-order chi connectivity index (χ1) is 10.3. The Morgan fingerprint density at radius 3 is 3.00 bits per heavy atom. The minimum Gasteiger partial charge on any atom is -0.462 e. The van der Waals surface area contributed by atoms with Gasteiger partial charge >= 0.3 is 5.97 Å². The van der Waals surface area contributed by atoms with E-state index in [1.165, 1.54) is 6.20 Å². The van der Waals surface area contributed by atoms with Crippen molar-refractivity contribution < 1.29 is 9.53 Å². The Morgan fingerprint density at radius 2 is 2.14 bits per heavy atom. The minimum atomic E-state index is -0.344. The molecular formula is C16H15N3O2. The number of fused-ring (bicyclic) bond motifs is 1. The number of esters is 1. The number of aromatic nitrogens is 3. The Hall–Kier alpha value is -2.69. The van der Waals surface area contributed by atoms with E-state index >= 15 is 0 Å². The lowest BCUT2D eigenvalue weighted by molar-refractivity contribution is 0.0526. The summed E-state index contributed by atoms with van der Waals surface area (Å²) in [5.41, 5.74) is 2.53. The summed E-state index contributed by atoms with van der Waals surface area (Å²) in [6.45, 7) is 2.73. The van der Waals surface area contributed by atoms with Crippen LogP contribution in [0.25, 0.3) is 10.9 Å². The minimum absolute atomic E-state index is 0.344. The number of carbonyl (C=O) groups is 1. The van der Waals surface area contributed by atoms with Gasteiger partial charge in [-0.25, -0.2) is 4.79 Å². The van der Waals surface area contributed by atoms with Crippen LogP contribution in [0.15, 0.2) is 48.9 Å². The number of pyridine rings is 1. The lowest BCUT2D eigenvalue weighted by Crippen LogP contribution is -2.04. The van der Waals surface area contributed by atoms with Crippen molar-refractivity contribution in [2.75, 3.05) is 6.61 Å². The van der Waals surface area contributed by atoms with Gasteiger partial charge < -0.3 is 4.74 Å². The van der Waals surface area contributed by atoms with Crippen LogP contribution in [0.3, 0.4) is 0 Å². The first-order valence-corrected chi connectivity index (χ1v) is 6.80. The molecule has 0 fully saturated rings. The molecule has 0 aliphatic carbocycles. The fourth-order valence-corrected chi connectivity index (χ4v) is 2.24. The van der Waals surface area contributed by atoms with Crippen LogP contribution >= 0.6 is 0 Å². The van der Waals surface area contributed by atoms with Gasteiger partial charge in [-0.2, -0.15) is 5.10 Å². The average Bonchev–Trinajstić information content (AvgIpc) is 2.97. The lowest BCUT2D eigenvalue weighted by Gasteiger charge is -2.06. The van der Waals surface area contributed by atoms with Gasteiger partial charge in [0.1, 0.15) is 0 Å². The van der Waals surface area contributed by atoms with E-state index in [2.05, 4.69) is 10.1 Å². The molecule has 0 amide bonds. The van der Waals surface area contributed by atoms with E-state index in [9.17, 15) is 4.79 Å². The summed E-state index contributed by atoms with van der Waals surface area (Å²) in [4.78, 5) is 16.0. The maximum absolute atomic E-state index is 11.6. The van der Waals surface area contributed by atoms with Crippen LogP contribution in [0.1, 0.15) is 22.8 Å². The van der Waals surface area contributed by atoms with Crippen LogP contribution in [-0.2, 0) is 11.3 Å². The van der Waals surface area contributed by atoms with E-state index in [0.717, 1.165) is 16.5 Å². The van der Waals surface area contributed by atoms with Crippen molar-refractivity contribution in [1.29, 1.82) is 0 Å². The zero-order valence-corrected chi connectivity index (χ0v) is 11.7. The largest absolute Gasteiger partial charge is 0.462 e. The summed E-state index contributed by atoms with van der Waals surface area (Å²) >= 11 is 0. The average molecular weight is 281 g/mol. The van der Waals surface area contributed by atoms with Crippen LogP contribution in [0.5, 0.6) is 0 Å². The fourth-order valence-electron chi connectivity index (χ4n) is 2.24. The predicted molar refractivity (Wildman–Crippen MR) is 79.0 cm³/mol. The molecule has 5 heteroatoms. The monoisotopic (exact) mass is 281 g/mol. The summed E-state index contributed by atoms with van der Waals surface area (Å²) in [5, 5.41) is 5.31. The summed E-state index contributed by atoms with van der Waals surface area (Å²) in [6, 6.07) is 9.93. The molecule has 1 aromatic carbocycles. The van der Waals surface area contributed by atoms with Crippen molar-refractivity contribution in [2.24, 2.45) is 0 Å². The van der Waals surface area contributed by atoms with Crippen LogP contribution < -0.4 is 0 Å². The molecule has 3 rings (SSSR count). The molecule has 2 heterocycles. The van der Waals surface area contributed by atoms with E-state index in [0.29, 0.717) is 18.7 Å². The summed E-state index contributed by atoms with van der Waals surface area (Å²) < 4.78 is 6.69. The molecule has 0 N–H and O–H groups in total. The second kappa shape index (κ2) is 5.75. The molecule has 0 aliphatic heterocycles. The molecule has 0 atom stereocenters. The van der Waals surface area contributed by atoms with Crippen LogP contribution in [0.2, 0.25) is 0 Å². The van der Waals surface area contributed by atoms with E-state index in [-0.39, 0.29) is 5.97 Å². The zero-order valence-electron chi connectivity index (χ0n) is 11.7. The Bertz CT molecular complexity index is 775. The SMILES string of the molecule is CCOC(=O)c1cnn(Cc2ccnc3ccccc23)c1. The standard InChI is InChI=1S/C16H15N3O2/c1-2-21-16(20)13-9-18-19(11-13)10-12-7-8-17-15-6-4-3-5-14(12)15/h3-9,11H,2,10H2,1H3. The number of carbonyl (C=O) groups excluding carboxylic acids is 1. The number of nitrogens with zero attached hydrogens (tertiary/aromatic N) is 3. The van der Waals surface area contributed by atoms with Crippen LogP contribution in [-0.4, -0.2) is 27.3 Å². The van der Waals surface area contributed by atoms with Gasteiger partial charge in [0.2, 0.25) is 0 Å². The third kappa shape index (κ3) is 2.76. The highest BCUT2D eigenvalue weighted by Crippen LogP contribution is 2.17. The van der Waals surface area contributed by atoms with E-state index < -0.39 is 0 Å². The highest BCUT2D eigenvalue weighted by molar-refractivity contribution is 5.88. The zero-order chi connectivity index (χ0) is 14.7. The van der Waals surface area contributed by atoms with E-state index in [1.54, 1.807) is 24.0 Å². The number of rotatable bonds is 4. The number of para-hydroxylation sites is 1. The molecule has 0 unspecified atom stereocenters. The molecule has 106 valence electrons. The molecule has 0 spiro atoms. The van der Waals surface area contributed by atoms with Crippen molar-refractivity contribution in [3.63, 3.8) is 0 Å². The molecule has 0 saturated carbocycles. The molecule has 5 nitrogen and oxygen atoms in total.